The molecule has 2 fully saturated rings. The van der Waals surface area contributed by atoms with E-state index >= 15 is 0 Å². The number of hydrogen-bond donors (Lipinski definition) is 1. The highest BCUT2D eigenvalue weighted by atomic mass is 15.2. The Morgan fingerprint density at radius 1 is 1.00 bits per heavy atom. The van der Waals surface area contributed by atoms with E-state index in [-0.39, 0.29) is 0 Å². The monoisotopic (exact) mass is 224 g/mol. The summed E-state index contributed by atoms with van der Waals surface area (Å²) >= 11 is 0. The van der Waals surface area contributed by atoms with Crippen LogP contribution in [0.15, 0.2) is 0 Å². The van der Waals surface area contributed by atoms with Gasteiger partial charge in [-0.1, -0.05) is 19.3 Å². The summed E-state index contributed by atoms with van der Waals surface area (Å²) in [5.74, 6) is 1.70. The molecule has 0 aromatic heterocycles. The highest BCUT2D eigenvalue weighted by molar-refractivity contribution is 4.82. The number of likely N-dealkylation sites (tertiary alicyclic amines) is 1. The molecule has 1 aliphatic heterocycles. The van der Waals surface area contributed by atoms with Crippen LogP contribution in [0.1, 0.15) is 51.9 Å². The van der Waals surface area contributed by atoms with Gasteiger partial charge in [0.1, 0.15) is 0 Å². The molecule has 2 N–H and O–H groups in total. The normalized spacial score (nSPS) is 37.5. The van der Waals surface area contributed by atoms with Gasteiger partial charge in [-0.2, -0.15) is 0 Å². The van der Waals surface area contributed by atoms with Crippen LogP contribution in [0, 0.1) is 11.8 Å². The van der Waals surface area contributed by atoms with E-state index in [0.29, 0.717) is 0 Å². The predicted molar refractivity (Wildman–Crippen MR) is 69.4 cm³/mol. The topological polar surface area (TPSA) is 29.3 Å². The molecule has 3 atom stereocenters. The second kappa shape index (κ2) is 6.02. The van der Waals surface area contributed by atoms with Crippen LogP contribution in [0.25, 0.3) is 0 Å². The van der Waals surface area contributed by atoms with Gasteiger partial charge >= 0.3 is 0 Å². The molecule has 0 aromatic rings. The van der Waals surface area contributed by atoms with E-state index in [2.05, 4.69) is 11.8 Å². The summed E-state index contributed by atoms with van der Waals surface area (Å²) in [6, 6.07) is 0.814. The zero-order chi connectivity index (χ0) is 11.4. The fourth-order valence-electron chi connectivity index (χ4n) is 3.57. The Hall–Kier alpha value is -0.0800. The number of nitrogens with zero attached hydrogens (tertiary/aromatic N) is 1. The molecular weight excluding hydrogens is 196 g/mol. The van der Waals surface area contributed by atoms with Crippen molar-refractivity contribution in [2.75, 3.05) is 19.6 Å². The van der Waals surface area contributed by atoms with Gasteiger partial charge in [-0.25, -0.2) is 0 Å². The lowest BCUT2D eigenvalue weighted by Gasteiger charge is -2.39. The third-order valence-electron chi connectivity index (χ3n) is 4.78. The lowest BCUT2D eigenvalue weighted by molar-refractivity contribution is 0.0993. The Morgan fingerprint density at radius 3 is 2.38 bits per heavy atom. The number of nitrogens with two attached hydrogens (primary N) is 1. The zero-order valence-electron chi connectivity index (χ0n) is 10.8. The van der Waals surface area contributed by atoms with E-state index in [9.17, 15) is 0 Å². The largest absolute Gasteiger partial charge is 0.330 e. The molecule has 2 nitrogen and oxygen atoms in total. The average molecular weight is 224 g/mol. The van der Waals surface area contributed by atoms with Gasteiger partial charge in [0.05, 0.1) is 0 Å². The van der Waals surface area contributed by atoms with Crippen LogP contribution in [0.2, 0.25) is 0 Å². The Bertz CT molecular complexity index is 205. The van der Waals surface area contributed by atoms with Crippen molar-refractivity contribution in [3.8, 4) is 0 Å². The molecule has 1 aliphatic carbocycles. The summed E-state index contributed by atoms with van der Waals surface area (Å²) in [6.07, 6.45) is 9.89. The molecule has 2 aliphatic rings. The van der Waals surface area contributed by atoms with Gasteiger partial charge in [0.2, 0.25) is 0 Å². The maximum Gasteiger partial charge on any atom is 0.00670 e. The molecule has 16 heavy (non-hydrogen) atoms. The van der Waals surface area contributed by atoms with E-state index in [4.69, 9.17) is 5.73 Å². The lowest BCUT2D eigenvalue weighted by Crippen LogP contribution is -2.43. The van der Waals surface area contributed by atoms with Crippen molar-refractivity contribution in [3.63, 3.8) is 0 Å². The van der Waals surface area contributed by atoms with Gasteiger partial charge in [0.15, 0.2) is 0 Å². The highest BCUT2D eigenvalue weighted by Crippen LogP contribution is 2.31. The van der Waals surface area contributed by atoms with Crippen LogP contribution in [-0.2, 0) is 0 Å². The van der Waals surface area contributed by atoms with Crippen molar-refractivity contribution in [2.24, 2.45) is 17.6 Å². The van der Waals surface area contributed by atoms with E-state index in [1.165, 1.54) is 58.0 Å². The van der Waals surface area contributed by atoms with Crippen LogP contribution in [0.3, 0.4) is 0 Å². The first-order valence-electron chi connectivity index (χ1n) is 7.25. The molecule has 0 radical (unpaired) electrons. The highest BCUT2D eigenvalue weighted by Gasteiger charge is 2.28. The van der Waals surface area contributed by atoms with E-state index in [1.54, 1.807) is 0 Å². The maximum atomic E-state index is 5.91. The second-order valence-corrected chi connectivity index (χ2v) is 5.88. The Balaban J connectivity index is 1.86. The van der Waals surface area contributed by atoms with Crippen LogP contribution >= 0.6 is 0 Å². The molecule has 1 saturated carbocycles. The van der Waals surface area contributed by atoms with E-state index in [0.717, 1.165) is 24.4 Å². The van der Waals surface area contributed by atoms with Gasteiger partial charge in [0, 0.05) is 12.6 Å². The zero-order valence-corrected chi connectivity index (χ0v) is 10.8. The van der Waals surface area contributed by atoms with Crippen molar-refractivity contribution in [1.29, 1.82) is 0 Å². The third-order valence-corrected chi connectivity index (χ3v) is 4.78. The molecule has 0 aromatic carbocycles. The number of rotatable bonds is 3. The van der Waals surface area contributed by atoms with Crippen molar-refractivity contribution >= 4 is 0 Å². The summed E-state index contributed by atoms with van der Waals surface area (Å²) < 4.78 is 0. The van der Waals surface area contributed by atoms with Crippen molar-refractivity contribution < 1.29 is 0 Å². The summed E-state index contributed by atoms with van der Waals surface area (Å²) in [5, 5.41) is 0. The van der Waals surface area contributed by atoms with Crippen molar-refractivity contribution in [1.82, 2.24) is 4.90 Å². The minimum Gasteiger partial charge on any atom is -0.330 e. The number of hydrogen-bond acceptors (Lipinski definition) is 2. The molecule has 1 saturated heterocycles. The molecule has 2 rings (SSSR count). The number of piperidine rings is 1. The van der Waals surface area contributed by atoms with Gasteiger partial charge < -0.3 is 10.6 Å². The second-order valence-electron chi connectivity index (χ2n) is 5.88. The van der Waals surface area contributed by atoms with Gasteiger partial charge in [-0.15, -0.1) is 0 Å². The van der Waals surface area contributed by atoms with Crippen LogP contribution in [0.5, 0.6) is 0 Å². The smallest absolute Gasteiger partial charge is 0.00670 e. The molecular formula is C14H28N2. The quantitative estimate of drug-likeness (QED) is 0.798. The van der Waals surface area contributed by atoms with Gasteiger partial charge in [-0.3, -0.25) is 0 Å². The Labute approximate surface area is 101 Å². The Kier molecular flexibility index (Phi) is 4.66. The maximum absolute atomic E-state index is 5.91. The molecule has 0 amide bonds. The third kappa shape index (κ3) is 2.98. The van der Waals surface area contributed by atoms with Gasteiger partial charge in [-0.05, 0) is 57.5 Å². The molecule has 0 bridgehead atoms. The lowest BCUT2D eigenvalue weighted by atomic mass is 9.78. The van der Waals surface area contributed by atoms with Crippen LogP contribution < -0.4 is 5.73 Å². The van der Waals surface area contributed by atoms with E-state index in [1.807, 2.05) is 0 Å². The molecule has 3 unspecified atom stereocenters. The Morgan fingerprint density at radius 2 is 1.69 bits per heavy atom. The molecule has 2 heteroatoms. The summed E-state index contributed by atoms with van der Waals surface area (Å²) in [7, 11) is 0. The SMILES string of the molecule is CC1CCCCN1CC1CCCCC1CN. The average Bonchev–Trinajstić information content (AvgIpc) is 2.33. The predicted octanol–water partition coefficient (Wildman–Crippen LogP) is 2.63. The first-order valence-corrected chi connectivity index (χ1v) is 7.25. The first-order chi connectivity index (χ1) is 7.81. The molecule has 0 spiro atoms. The standard InChI is InChI=1S/C14H28N2/c1-12-6-4-5-9-16(12)11-14-8-3-2-7-13(14)10-15/h12-14H,2-11,15H2,1H3. The summed E-state index contributed by atoms with van der Waals surface area (Å²) in [4.78, 5) is 2.72. The fraction of sp³-hybridized carbons (Fsp3) is 1.00. The van der Waals surface area contributed by atoms with E-state index < -0.39 is 0 Å². The van der Waals surface area contributed by atoms with Crippen LogP contribution in [-0.4, -0.2) is 30.6 Å². The van der Waals surface area contributed by atoms with Gasteiger partial charge in [0.25, 0.3) is 0 Å². The first kappa shape index (κ1) is 12.4. The van der Waals surface area contributed by atoms with Crippen molar-refractivity contribution in [2.45, 2.75) is 57.9 Å². The summed E-state index contributed by atoms with van der Waals surface area (Å²) in [6.45, 7) is 5.96. The molecule has 94 valence electrons. The van der Waals surface area contributed by atoms with Crippen LogP contribution in [0.4, 0.5) is 0 Å². The molecule has 1 heterocycles. The summed E-state index contributed by atoms with van der Waals surface area (Å²) in [5.41, 5.74) is 5.91. The minimum atomic E-state index is 0.808. The minimum absolute atomic E-state index is 0.808. The fourth-order valence-corrected chi connectivity index (χ4v) is 3.57. The van der Waals surface area contributed by atoms with Crippen molar-refractivity contribution in [3.05, 3.63) is 0 Å².